The molecule has 0 aliphatic carbocycles. The van der Waals surface area contributed by atoms with E-state index in [1.165, 1.54) is 10.5 Å². The number of carboxylic acid groups (broad SMARTS) is 1. The van der Waals surface area contributed by atoms with E-state index in [9.17, 15) is 4.79 Å². The predicted octanol–water partition coefficient (Wildman–Crippen LogP) is 3.31. The molecular formula is C12H14BrNO2. The second kappa shape index (κ2) is 4.87. The second-order valence-corrected chi connectivity index (χ2v) is 4.92. The van der Waals surface area contributed by atoms with Gasteiger partial charge in [-0.2, -0.15) is 0 Å². The Labute approximate surface area is 103 Å². The van der Waals surface area contributed by atoms with Crippen molar-refractivity contribution in [3.05, 3.63) is 34.3 Å². The smallest absolute Gasteiger partial charge is 0.407 e. The van der Waals surface area contributed by atoms with E-state index in [1.54, 1.807) is 0 Å². The van der Waals surface area contributed by atoms with E-state index in [0.29, 0.717) is 19.0 Å². The summed E-state index contributed by atoms with van der Waals surface area (Å²) >= 11 is 3.55. The van der Waals surface area contributed by atoms with Gasteiger partial charge < -0.3 is 10.0 Å². The summed E-state index contributed by atoms with van der Waals surface area (Å²) in [5, 5.41) is 8.87. The van der Waals surface area contributed by atoms with Crippen LogP contribution in [0.5, 0.6) is 0 Å². The number of hydrogen-bond donors (Lipinski definition) is 1. The first-order chi connectivity index (χ1) is 7.68. The van der Waals surface area contributed by atoms with Gasteiger partial charge in [-0.15, -0.1) is 0 Å². The molecule has 0 saturated carbocycles. The van der Waals surface area contributed by atoms with Crippen LogP contribution in [0.3, 0.4) is 0 Å². The van der Waals surface area contributed by atoms with Crippen molar-refractivity contribution in [3.8, 4) is 0 Å². The number of rotatable bonds is 1. The van der Waals surface area contributed by atoms with Crippen LogP contribution in [-0.2, 0) is 0 Å². The topological polar surface area (TPSA) is 40.5 Å². The SMILES string of the molecule is O=C(O)N1CCC(c2ccccc2Br)CC1. The molecule has 1 saturated heterocycles. The monoisotopic (exact) mass is 283 g/mol. The zero-order valence-electron chi connectivity index (χ0n) is 8.90. The van der Waals surface area contributed by atoms with Crippen LogP contribution in [0.2, 0.25) is 0 Å². The minimum Gasteiger partial charge on any atom is -0.465 e. The van der Waals surface area contributed by atoms with Crippen LogP contribution in [0.15, 0.2) is 28.7 Å². The summed E-state index contributed by atoms with van der Waals surface area (Å²) in [5.41, 5.74) is 1.30. The van der Waals surface area contributed by atoms with Crippen molar-refractivity contribution in [1.29, 1.82) is 0 Å². The van der Waals surface area contributed by atoms with E-state index in [1.807, 2.05) is 18.2 Å². The predicted molar refractivity (Wildman–Crippen MR) is 65.7 cm³/mol. The van der Waals surface area contributed by atoms with Crippen LogP contribution in [0, 0.1) is 0 Å². The summed E-state index contributed by atoms with van der Waals surface area (Å²) in [5.74, 6) is 0.478. The van der Waals surface area contributed by atoms with Gasteiger partial charge in [0.15, 0.2) is 0 Å². The van der Waals surface area contributed by atoms with Crippen molar-refractivity contribution in [1.82, 2.24) is 4.90 Å². The average Bonchev–Trinajstić information content (AvgIpc) is 2.30. The van der Waals surface area contributed by atoms with Crippen LogP contribution < -0.4 is 0 Å². The van der Waals surface area contributed by atoms with Crippen molar-refractivity contribution in [2.24, 2.45) is 0 Å². The number of nitrogens with zero attached hydrogens (tertiary/aromatic N) is 1. The third-order valence-electron chi connectivity index (χ3n) is 3.11. The first-order valence-corrected chi connectivity index (χ1v) is 6.20. The van der Waals surface area contributed by atoms with Gasteiger partial charge in [-0.1, -0.05) is 34.1 Å². The Bertz CT molecular complexity index is 386. The van der Waals surface area contributed by atoms with Crippen LogP contribution in [0.25, 0.3) is 0 Å². The van der Waals surface area contributed by atoms with Gasteiger partial charge in [0, 0.05) is 17.6 Å². The van der Waals surface area contributed by atoms with Crippen LogP contribution >= 0.6 is 15.9 Å². The average molecular weight is 284 g/mol. The number of hydrogen-bond acceptors (Lipinski definition) is 1. The lowest BCUT2D eigenvalue weighted by atomic mass is 9.90. The molecule has 3 nitrogen and oxygen atoms in total. The van der Waals surface area contributed by atoms with Gasteiger partial charge in [-0.25, -0.2) is 4.79 Å². The highest BCUT2D eigenvalue weighted by Gasteiger charge is 2.24. The molecule has 1 heterocycles. The molecule has 2 rings (SSSR count). The highest BCUT2D eigenvalue weighted by atomic mass is 79.9. The molecule has 1 aliphatic rings. The molecule has 1 fully saturated rings. The Morgan fingerprint density at radius 2 is 1.94 bits per heavy atom. The molecule has 1 N–H and O–H groups in total. The Balaban J connectivity index is 2.05. The van der Waals surface area contributed by atoms with Crippen molar-refractivity contribution in [2.75, 3.05) is 13.1 Å². The lowest BCUT2D eigenvalue weighted by molar-refractivity contribution is 0.132. The van der Waals surface area contributed by atoms with E-state index in [2.05, 4.69) is 22.0 Å². The molecule has 0 unspecified atom stereocenters. The largest absolute Gasteiger partial charge is 0.465 e. The van der Waals surface area contributed by atoms with Gasteiger partial charge in [-0.3, -0.25) is 0 Å². The number of likely N-dealkylation sites (tertiary alicyclic amines) is 1. The fourth-order valence-corrected chi connectivity index (χ4v) is 2.80. The summed E-state index contributed by atoms with van der Waals surface area (Å²) in [6, 6.07) is 8.19. The molecular weight excluding hydrogens is 270 g/mol. The standard InChI is InChI=1S/C12H14BrNO2/c13-11-4-2-1-3-10(11)9-5-7-14(8-6-9)12(15)16/h1-4,9H,5-8H2,(H,15,16). The highest BCUT2D eigenvalue weighted by Crippen LogP contribution is 2.32. The maximum Gasteiger partial charge on any atom is 0.407 e. The van der Waals surface area contributed by atoms with E-state index in [-0.39, 0.29) is 0 Å². The Kier molecular flexibility index (Phi) is 3.49. The van der Waals surface area contributed by atoms with E-state index >= 15 is 0 Å². The highest BCUT2D eigenvalue weighted by molar-refractivity contribution is 9.10. The normalized spacial score (nSPS) is 17.4. The molecule has 0 atom stereocenters. The molecule has 86 valence electrons. The van der Waals surface area contributed by atoms with E-state index in [0.717, 1.165) is 17.3 Å². The lowest BCUT2D eigenvalue weighted by Gasteiger charge is -2.30. The van der Waals surface area contributed by atoms with Gasteiger partial charge >= 0.3 is 6.09 Å². The van der Waals surface area contributed by atoms with E-state index < -0.39 is 6.09 Å². The quantitative estimate of drug-likeness (QED) is 0.859. The summed E-state index contributed by atoms with van der Waals surface area (Å²) in [6.45, 7) is 1.28. The first-order valence-electron chi connectivity index (χ1n) is 5.41. The van der Waals surface area contributed by atoms with Crippen LogP contribution in [0.4, 0.5) is 4.79 Å². The van der Waals surface area contributed by atoms with Gasteiger partial charge in [0.05, 0.1) is 0 Å². The summed E-state index contributed by atoms with van der Waals surface area (Å²) < 4.78 is 1.13. The first kappa shape index (κ1) is 11.5. The lowest BCUT2D eigenvalue weighted by Crippen LogP contribution is -2.36. The van der Waals surface area contributed by atoms with Crippen molar-refractivity contribution < 1.29 is 9.90 Å². The van der Waals surface area contributed by atoms with Gasteiger partial charge in [0.2, 0.25) is 0 Å². The van der Waals surface area contributed by atoms with Crippen molar-refractivity contribution in [3.63, 3.8) is 0 Å². The minimum absolute atomic E-state index is 0.478. The fourth-order valence-electron chi connectivity index (χ4n) is 2.19. The molecule has 1 aliphatic heterocycles. The summed E-state index contributed by atoms with van der Waals surface area (Å²) in [6.07, 6.45) is 1.02. The number of halogens is 1. The molecule has 0 bridgehead atoms. The Morgan fingerprint density at radius 1 is 1.31 bits per heavy atom. The zero-order chi connectivity index (χ0) is 11.5. The molecule has 1 aromatic carbocycles. The molecule has 0 radical (unpaired) electrons. The number of amides is 1. The van der Waals surface area contributed by atoms with Crippen LogP contribution in [-0.4, -0.2) is 29.2 Å². The molecule has 1 amide bonds. The number of piperidine rings is 1. The minimum atomic E-state index is -0.800. The van der Waals surface area contributed by atoms with E-state index in [4.69, 9.17) is 5.11 Å². The third kappa shape index (κ3) is 2.38. The fraction of sp³-hybridized carbons (Fsp3) is 0.417. The van der Waals surface area contributed by atoms with Crippen molar-refractivity contribution in [2.45, 2.75) is 18.8 Å². The third-order valence-corrected chi connectivity index (χ3v) is 3.83. The number of benzene rings is 1. The molecule has 0 aromatic heterocycles. The van der Waals surface area contributed by atoms with Crippen LogP contribution in [0.1, 0.15) is 24.3 Å². The van der Waals surface area contributed by atoms with Gasteiger partial charge in [0.1, 0.15) is 0 Å². The number of carbonyl (C=O) groups is 1. The maximum absolute atomic E-state index is 10.8. The second-order valence-electron chi connectivity index (χ2n) is 4.07. The Morgan fingerprint density at radius 3 is 2.50 bits per heavy atom. The molecule has 4 heteroatoms. The molecule has 0 spiro atoms. The van der Waals surface area contributed by atoms with Gasteiger partial charge in [-0.05, 0) is 30.4 Å². The summed E-state index contributed by atoms with van der Waals surface area (Å²) in [4.78, 5) is 12.3. The van der Waals surface area contributed by atoms with Crippen molar-refractivity contribution >= 4 is 22.0 Å². The van der Waals surface area contributed by atoms with Gasteiger partial charge in [0.25, 0.3) is 0 Å². The summed E-state index contributed by atoms with van der Waals surface area (Å²) in [7, 11) is 0. The Hall–Kier alpha value is -1.03. The maximum atomic E-state index is 10.8. The molecule has 1 aromatic rings. The molecule has 16 heavy (non-hydrogen) atoms. The zero-order valence-corrected chi connectivity index (χ0v) is 10.5.